The minimum Gasteiger partial charge on any atom is -0.339 e. The molecule has 5 nitrogen and oxygen atoms in total. The Balaban J connectivity index is 1.89. The number of likely N-dealkylation sites (tertiary alicyclic amines) is 1. The van der Waals surface area contributed by atoms with Crippen LogP contribution in [0.1, 0.15) is 23.2 Å². The van der Waals surface area contributed by atoms with Crippen LogP contribution in [0.5, 0.6) is 0 Å². The summed E-state index contributed by atoms with van der Waals surface area (Å²) < 4.78 is 25.2. The minimum atomic E-state index is -3.19. The monoisotopic (exact) mass is 280 g/mol. The average Bonchev–Trinajstić information content (AvgIpc) is 2.67. The number of anilines is 1. The van der Waals surface area contributed by atoms with E-state index >= 15 is 0 Å². The van der Waals surface area contributed by atoms with Gasteiger partial charge < -0.3 is 4.90 Å². The molecule has 2 aliphatic rings. The molecule has 0 bridgehead atoms. The number of hydrogen-bond acceptors (Lipinski definition) is 3. The largest absolute Gasteiger partial charge is 0.339 e. The van der Waals surface area contributed by atoms with Gasteiger partial charge in [0.05, 0.1) is 11.4 Å². The maximum Gasteiger partial charge on any atom is 0.253 e. The van der Waals surface area contributed by atoms with Crippen LogP contribution in [0.2, 0.25) is 0 Å². The van der Waals surface area contributed by atoms with E-state index in [1.54, 1.807) is 29.2 Å². The lowest BCUT2D eigenvalue weighted by atomic mass is 10.1. The van der Waals surface area contributed by atoms with Crippen LogP contribution in [0.4, 0.5) is 5.69 Å². The zero-order chi connectivity index (χ0) is 13.5. The van der Waals surface area contributed by atoms with Gasteiger partial charge in [-0.25, -0.2) is 8.42 Å². The van der Waals surface area contributed by atoms with Crippen LogP contribution in [-0.4, -0.2) is 44.6 Å². The lowest BCUT2D eigenvalue weighted by molar-refractivity contribution is 0.0652. The van der Waals surface area contributed by atoms with Crippen molar-refractivity contribution in [2.45, 2.75) is 12.8 Å². The summed E-state index contributed by atoms with van der Waals surface area (Å²) in [4.78, 5) is 13.9. The van der Waals surface area contributed by atoms with Crippen LogP contribution in [0.15, 0.2) is 24.3 Å². The number of carbonyl (C=O) groups excluding carboxylic acids is 1. The molecule has 0 radical (unpaired) electrons. The van der Waals surface area contributed by atoms with Crippen molar-refractivity contribution in [1.29, 1.82) is 0 Å². The van der Waals surface area contributed by atoms with Crippen LogP contribution < -0.4 is 4.31 Å². The van der Waals surface area contributed by atoms with Gasteiger partial charge in [0.25, 0.3) is 5.91 Å². The van der Waals surface area contributed by atoms with Gasteiger partial charge in [0.1, 0.15) is 0 Å². The fourth-order valence-electron chi connectivity index (χ4n) is 2.43. The first-order chi connectivity index (χ1) is 9.08. The molecule has 0 atom stereocenters. The highest BCUT2D eigenvalue weighted by molar-refractivity contribution is 7.93. The van der Waals surface area contributed by atoms with E-state index in [1.165, 1.54) is 4.31 Å². The summed E-state index contributed by atoms with van der Waals surface area (Å²) >= 11 is 0. The lowest BCUT2D eigenvalue weighted by Crippen LogP contribution is -2.42. The fourth-order valence-corrected chi connectivity index (χ4v) is 3.98. The molecule has 2 aliphatic heterocycles. The zero-order valence-electron chi connectivity index (χ0n) is 10.6. The van der Waals surface area contributed by atoms with Gasteiger partial charge >= 0.3 is 0 Å². The third-order valence-electron chi connectivity index (χ3n) is 3.62. The molecule has 3 rings (SSSR count). The highest BCUT2D eigenvalue weighted by atomic mass is 32.2. The maximum atomic E-state index is 12.1. The van der Waals surface area contributed by atoms with Gasteiger partial charge in [-0.2, -0.15) is 0 Å². The number of rotatable bonds is 2. The average molecular weight is 280 g/mol. The summed E-state index contributed by atoms with van der Waals surface area (Å²) in [5, 5.41) is 0. The van der Waals surface area contributed by atoms with E-state index in [0.717, 1.165) is 19.5 Å². The molecule has 0 saturated carbocycles. The Morgan fingerprint density at radius 2 is 1.89 bits per heavy atom. The van der Waals surface area contributed by atoms with Crippen LogP contribution in [-0.2, 0) is 10.0 Å². The molecule has 0 unspecified atom stereocenters. The van der Waals surface area contributed by atoms with Crippen molar-refractivity contribution in [1.82, 2.24) is 4.90 Å². The zero-order valence-corrected chi connectivity index (χ0v) is 11.4. The molecule has 1 aromatic rings. The van der Waals surface area contributed by atoms with Crippen LogP contribution >= 0.6 is 0 Å². The van der Waals surface area contributed by atoms with E-state index in [-0.39, 0.29) is 11.7 Å². The number of nitrogens with zero attached hydrogens (tertiary/aromatic N) is 2. The second kappa shape index (κ2) is 4.52. The predicted molar refractivity (Wildman–Crippen MR) is 72.7 cm³/mol. The van der Waals surface area contributed by atoms with Crippen molar-refractivity contribution in [3.63, 3.8) is 0 Å². The molecule has 1 aromatic carbocycles. The summed E-state index contributed by atoms with van der Waals surface area (Å²) in [7, 11) is -3.19. The highest BCUT2D eigenvalue weighted by Gasteiger charge is 2.29. The predicted octanol–water partition coefficient (Wildman–Crippen LogP) is 1.07. The van der Waals surface area contributed by atoms with Gasteiger partial charge in [-0.3, -0.25) is 9.10 Å². The van der Waals surface area contributed by atoms with Crippen LogP contribution in [0.3, 0.4) is 0 Å². The Morgan fingerprint density at radius 3 is 2.47 bits per heavy atom. The van der Waals surface area contributed by atoms with Gasteiger partial charge in [0, 0.05) is 25.2 Å². The van der Waals surface area contributed by atoms with Crippen molar-refractivity contribution >= 4 is 21.6 Å². The highest BCUT2D eigenvalue weighted by Crippen LogP contribution is 2.25. The molecule has 0 N–H and O–H groups in total. The van der Waals surface area contributed by atoms with E-state index in [4.69, 9.17) is 0 Å². The Hall–Kier alpha value is -1.56. The second-order valence-electron chi connectivity index (χ2n) is 4.94. The van der Waals surface area contributed by atoms with Crippen LogP contribution in [0.25, 0.3) is 0 Å². The molecular weight excluding hydrogens is 264 g/mol. The van der Waals surface area contributed by atoms with Crippen molar-refractivity contribution in [3.05, 3.63) is 29.8 Å². The molecule has 2 fully saturated rings. The lowest BCUT2D eigenvalue weighted by Gasteiger charge is -2.31. The maximum absolute atomic E-state index is 12.1. The molecule has 102 valence electrons. The second-order valence-corrected chi connectivity index (χ2v) is 6.95. The normalized spacial score (nSPS) is 21.3. The molecule has 6 heteroatoms. The molecule has 2 saturated heterocycles. The van der Waals surface area contributed by atoms with Gasteiger partial charge in [-0.1, -0.05) is 6.07 Å². The molecule has 0 aliphatic carbocycles. The third-order valence-corrected chi connectivity index (χ3v) is 5.49. The molecule has 1 amide bonds. The van der Waals surface area contributed by atoms with Gasteiger partial charge in [0.2, 0.25) is 10.0 Å². The Kier molecular flexibility index (Phi) is 2.97. The van der Waals surface area contributed by atoms with Crippen LogP contribution in [0, 0.1) is 0 Å². The number of sulfonamides is 1. The van der Waals surface area contributed by atoms with E-state index in [2.05, 4.69) is 0 Å². The van der Waals surface area contributed by atoms with E-state index in [9.17, 15) is 13.2 Å². The van der Waals surface area contributed by atoms with Crippen molar-refractivity contribution in [2.75, 3.05) is 29.7 Å². The number of amides is 1. The van der Waals surface area contributed by atoms with Gasteiger partial charge in [0.15, 0.2) is 0 Å². The van der Waals surface area contributed by atoms with Gasteiger partial charge in [-0.15, -0.1) is 0 Å². The number of hydrogen-bond donors (Lipinski definition) is 0. The first kappa shape index (κ1) is 12.5. The molecule has 2 heterocycles. The van der Waals surface area contributed by atoms with E-state index in [1.807, 2.05) is 0 Å². The smallest absolute Gasteiger partial charge is 0.253 e. The summed E-state index contributed by atoms with van der Waals surface area (Å²) in [5.41, 5.74) is 1.17. The first-order valence-corrected chi connectivity index (χ1v) is 8.09. The minimum absolute atomic E-state index is 0.00954. The first-order valence-electron chi connectivity index (χ1n) is 6.48. The van der Waals surface area contributed by atoms with E-state index in [0.29, 0.717) is 24.2 Å². The summed E-state index contributed by atoms with van der Waals surface area (Å²) in [5.74, 6) is 0.182. The quantitative estimate of drug-likeness (QED) is 0.814. The Morgan fingerprint density at radius 1 is 1.11 bits per heavy atom. The Bertz CT molecular complexity index is 608. The summed E-state index contributed by atoms with van der Waals surface area (Å²) in [6.07, 6.45) is 1.69. The fraction of sp³-hybridized carbons (Fsp3) is 0.462. The topological polar surface area (TPSA) is 57.7 Å². The standard InChI is InChI=1S/C13H16N2O3S/c16-13(14-6-2-7-14)11-4-1-5-12(10-11)15-8-3-9-19(15,17)18/h1,4-5,10H,2-3,6-9H2. The number of benzene rings is 1. The van der Waals surface area contributed by atoms with Crippen molar-refractivity contribution in [2.24, 2.45) is 0 Å². The molecular formula is C13H16N2O3S. The molecule has 0 aromatic heterocycles. The molecule has 19 heavy (non-hydrogen) atoms. The van der Waals surface area contributed by atoms with Crippen molar-refractivity contribution in [3.8, 4) is 0 Å². The molecule has 0 spiro atoms. The summed E-state index contributed by atoms with van der Waals surface area (Å²) in [6, 6.07) is 6.92. The van der Waals surface area contributed by atoms with Gasteiger partial charge in [-0.05, 0) is 31.0 Å². The SMILES string of the molecule is O=C(c1cccc(N2CCCS2(=O)=O)c1)N1CCC1. The number of carbonyl (C=O) groups is 1. The van der Waals surface area contributed by atoms with Crippen molar-refractivity contribution < 1.29 is 13.2 Å². The van der Waals surface area contributed by atoms with E-state index < -0.39 is 10.0 Å². The third kappa shape index (κ3) is 2.20. The summed E-state index contributed by atoms with van der Waals surface area (Å²) in [6.45, 7) is 2.10. The Labute approximate surface area is 112 Å².